The average Bonchev–Trinajstić information content (AvgIpc) is 3.22. The van der Waals surface area contributed by atoms with E-state index in [0.29, 0.717) is 42.6 Å². The molecule has 3 fully saturated rings. The SMILES string of the molecule is CC(C)C(=O)N1C2CCC1CN(c1cc(S(=O)(=O)NC3(C#N)CC3)cc3c(-c4nnc(C(F)F)s4)cn(C)c13)C2. The number of nitrogens with zero attached hydrogens (tertiary/aromatic N) is 6. The molecule has 40 heavy (non-hydrogen) atoms. The summed E-state index contributed by atoms with van der Waals surface area (Å²) >= 11 is 0.766. The first-order valence-electron chi connectivity index (χ1n) is 13.2. The number of nitriles is 1. The van der Waals surface area contributed by atoms with Crippen molar-refractivity contribution >= 4 is 43.9 Å². The number of rotatable bonds is 7. The number of alkyl halides is 2. The Labute approximate surface area is 234 Å². The molecule has 1 saturated carbocycles. The fourth-order valence-electron chi connectivity index (χ4n) is 5.93. The Morgan fingerprint density at radius 2 is 1.88 bits per heavy atom. The number of carbonyl (C=O) groups is 1. The van der Waals surface area contributed by atoms with Crippen LogP contribution in [0.3, 0.4) is 0 Å². The molecule has 2 aromatic heterocycles. The minimum atomic E-state index is -4.09. The fraction of sp³-hybridized carbons (Fsp3) is 0.538. The molecule has 6 rings (SSSR count). The van der Waals surface area contributed by atoms with Crippen LogP contribution in [-0.4, -0.2) is 64.7 Å². The van der Waals surface area contributed by atoms with Crippen molar-refractivity contribution in [1.29, 1.82) is 5.26 Å². The largest absolute Gasteiger partial charge is 0.366 e. The Bertz CT molecular complexity index is 1640. The number of hydrogen-bond donors (Lipinski definition) is 1. The van der Waals surface area contributed by atoms with Gasteiger partial charge in [-0.15, -0.1) is 10.2 Å². The maximum absolute atomic E-state index is 13.6. The number of amides is 1. The van der Waals surface area contributed by atoms with Crippen LogP contribution in [0.15, 0.2) is 23.2 Å². The minimum absolute atomic E-state index is 0.00640. The van der Waals surface area contributed by atoms with E-state index < -0.39 is 27.0 Å². The molecule has 2 aliphatic heterocycles. The summed E-state index contributed by atoms with van der Waals surface area (Å²) in [6.45, 7) is 4.87. The summed E-state index contributed by atoms with van der Waals surface area (Å²) in [6, 6.07) is 5.21. The van der Waals surface area contributed by atoms with Crippen molar-refractivity contribution in [2.45, 2.75) is 68.5 Å². The first kappa shape index (κ1) is 27.0. The molecule has 3 aliphatic rings. The maximum atomic E-state index is 13.6. The molecule has 2 atom stereocenters. The maximum Gasteiger partial charge on any atom is 0.291 e. The monoisotopic (exact) mass is 589 g/mol. The number of aromatic nitrogens is 3. The van der Waals surface area contributed by atoms with E-state index in [9.17, 15) is 27.3 Å². The summed E-state index contributed by atoms with van der Waals surface area (Å²) in [5.41, 5.74) is 0.784. The number of anilines is 1. The third-order valence-corrected chi connectivity index (χ3v) is 10.5. The number of sulfonamides is 1. The summed E-state index contributed by atoms with van der Waals surface area (Å²) in [5.74, 6) is 0.00701. The third kappa shape index (κ3) is 4.44. The smallest absolute Gasteiger partial charge is 0.291 e. The van der Waals surface area contributed by atoms with Gasteiger partial charge in [0.25, 0.3) is 6.43 Å². The van der Waals surface area contributed by atoms with Crippen molar-refractivity contribution in [3.05, 3.63) is 23.3 Å². The molecule has 4 heterocycles. The predicted molar refractivity (Wildman–Crippen MR) is 145 cm³/mol. The van der Waals surface area contributed by atoms with E-state index in [0.717, 1.165) is 29.7 Å². The molecular weight excluding hydrogens is 560 g/mol. The summed E-state index contributed by atoms with van der Waals surface area (Å²) in [6.07, 6.45) is 1.59. The second-order valence-corrected chi connectivity index (χ2v) is 13.9. The number of nitrogens with one attached hydrogen (secondary N) is 1. The van der Waals surface area contributed by atoms with Crippen LogP contribution in [0.2, 0.25) is 0 Å². The number of carbonyl (C=O) groups excluding carboxylic acids is 1. The van der Waals surface area contributed by atoms with Crippen LogP contribution >= 0.6 is 11.3 Å². The molecule has 14 heteroatoms. The predicted octanol–water partition coefficient (Wildman–Crippen LogP) is 3.80. The lowest BCUT2D eigenvalue weighted by Crippen LogP contribution is -2.57. The molecule has 1 N–H and O–H groups in total. The summed E-state index contributed by atoms with van der Waals surface area (Å²) in [4.78, 5) is 17.1. The van der Waals surface area contributed by atoms with Gasteiger partial charge in [0.15, 0.2) is 5.01 Å². The lowest BCUT2D eigenvalue weighted by Gasteiger charge is -2.43. The quantitative estimate of drug-likeness (QED) is 0.445. The molecular formula is C26H29F2N7O3S2. The first-order valence-corrected chi connectivity index (χ1v) is 15.5. The van der Waals surface area contributed by atoms with Crippen molar-refractivity contribution in [1.82, 2.24) is 24.4 Å². The highest BCUT2D eigenvalue weighted by Crippen LogP contribution is 2.43. The lowest BCUT2D eigenvalue weighted by molar-refractivity contribution is -0.137. The van der Waals surface area contributed by atoms with Crippen LogP contribution in [0, 0.1) is 17.2 Å². The van der Waals surface area contributed by atoms with Gasteiger partial charge < -0.3 is 14.4 Å². The lowest BCUT2D eigenvalue weighted by atomic mass is 10.1. The van der Waals surface area contributed by atoms with Crippen molar-refractivity contribution in [2.24, 2.45) is 13.0 Å². The zero-order valence-electron chi connectivity index (χ0n) is 22.3. The van der Waals surface area contributed by atoms with E-state index in [2.05, 4.69) is 25.9 Å². The second kappa shape index (κ2) is 9.46. The van der Waals surface area contributed by atoms with Crippen LogP contribution in [0.4, 0.5) is 14.5 Å². The fourth-order valence-corrected chi connectivity index (χ4v) is 8.08. The number of piperazine rings is 1. The van der Waals surface area contributed by atoms with Gasteiger partial charge >= 0.3 is 0 Å². The first-order chi connectivity index (χ1) is 18.9. The number of aryl methyl sites for hydroxylation is 1. The average molecular weight is 590 g/mol. The van der Waals surface area contributed by atoms with Crippen LogP contribution in [-0.2, 0) is 21.9 Å². The van der Waals surface area contributed by atoms with Crippen LogP contribution < -0.4 is 9.62 Å². The summed E-state index contributed by atoms with van der Waals surface area (Å²) in [5, 5.41) is 17.5. The highest BCUT2D eigenvalue weighted by atomic mass is 32.2. The van der Waals surface area contributed by atoms with Crippen molar-refractivity contribution < 1.29 is 22.0 Å². The molecule has 212 valence electrons. The Hall–Kier alpha value is -3.15. The third-order valence-electron chi connectivity index (χ3n) is 8.06. The van der Waals surface area contributed by atoms with Crippen molar-refractivity contribution in [3.8, 4) is 16.6 Å². The normalized spacial score (nSPS) is 21.9. The molecule has 10 nitrogen and oxygen atoms in total. The highest BCUT2D eigenvalue weighted by Gasteiger charge is 2.47. The van der Waals surface area contributed by atoms with Gasteiger partial charge in [-0.05, 0) is 37.8 Å². The highest BCUT2D eigenvalue weighted by molar-refractivity contribution is 7.89. The van der Waals surface area contributed by atoms with E-state index in [1.807, 2.05) is 30.4 Å². The minimum Gasteiger partial charge on any atom is -0.366 e. The van der Waals surface area contributed by atoms with Crippen LogP contribution in [0.1, 0.15) is 51.0 Å². The van der Waals surface area contributed by atoms with Gasteiger partial charge in [-0.25, -0.2) is 17.2 Å². The number of benzene rings is 1. The molecule has 1 amide bonds. The molecule has 1 aliphatic carbocycles. The molecule has 2 bridgehead atoms. The molecule has 1 aromatic carbocycles. The molecule has 0 spiro atoms. The van der Waals surface area contributed by atoms with E-state index in [4.69, 9.17) is 0 Å². The second-order valence-electron chi connectivity index (χ2n) is 11.2. The van der Waals surface area contributed by atoms with Gasteiger partial charge in [0.2, 0.25) is 15.9 Å². The molecule has 3 aromatic rings. The Kier molecular flexibility index (Phi) is 6.39. The summed E-state index contributed by atoms with van der Waals surface area (Å²) in [7, 11) is -2.27. The number of hydrogen-bond acceptors (Lipinski definition) is 8. The number of halogens is 2. The van der Waals surface area contributed by atoms with Gasteiger partial charge in [0, 0.05) is 55.3 Å². The zero-order valence-corrected chi connectivity index (χ0v) is 23.9. The van der Waals surface area contributed by atoms with Crippen LogP contribution in [0.5, 0.6) is 0 Å². The van der Waals surface area contributed by atoms with Crippen LogP contribution in [0.25, 0.3) is 21.5 Å². The Morgan fingerprint density at radius 3 is 2.42 bits per heavy atom. The van der Waals surface area contributed by atoms with Gasteiger partial charge in [-0.1, -0.05) is 25.2 Å². The topological polar surface area (TPSA) is 124 Å². The van der Waals surface area contributed by atoms with E-state index in [1.54, 1.807) is 12.3 Å². The Morgan fingerprint density at radius 1 is 1.20 bits per heavy atom. The van der Waals surface area contributed by atoms with Crippen molar-refractivity contribution in [3.63, 3.8) is 0 Å². The summed E-state index contributed by atoms with van der Waals surface area (Å²) < 4.78 is 58.2. The van der Waals surface area contributed by atoms with E-state index in [-0.39, 0.29) is 33.8 Å². The zero-order chi connectivity index (χ0) is 28.6. The molecule has 2 unspecified atom stereocenters. The molecule has 2 saturated heterocycles. The Balaban J connectivity index is 1.48. The van der Waals surface area contributed by atoms with Crippen molar-refractivity contribution in [2.75, 3.05) is 18.0 Å². The van der Waals surface area contributed by atoms with Gasteiger partial charge in [-0.3, -0.25) is 4.79 Å². The van der Waals surface area contributed by atoms with Gasteiger partial charge in [-0.2, -0.15) is 9.98 Å². The van der Waals surface area contributed by atoms with Gasteiger partial charge in [0.1, 0.15) is 10.5 Å². The number of fused-ring (bicyclic) bond motifs is 3. The van der Waals surface area contributed by atoms with E-state index in [1.165, 1.54) is 6.07 Å². The molecule has 0 radical (unpaired) electrons. The standard InChI is InChI=1S/C26H29F2N7O3S2/c1-14(2)25(36)35-15-4-5-16(35)11-34(10-15)20-9-17(40(37,38)32-26(13-29)6-7-26)8-18-19(12-33(3)21(18)20)23-30-31-24(39-23)22(27)28/h8-9,12,14-16,22,32H,4-7,10-11H2,1-3H3. The van der Waals surface area contributed by atoms with E-state index >= 15 is 0 Å². The van der Waals surface area contributed by atoms with Gasteiger partial charge in [0.05, 0.1) is 22.2 Å².